The van der Waals surface area contributed by atoms with Crippen LogP contribution in [0.15, 0.2) is 18.3 Å². The van der Waals surface area contributed by atoms with Gasteiger partial charge in [0.1, 0.15) is 5.82 Å². The predicted octanol–water partition coefficient (Wildman–Crippen LogP) is 1.79. The van der Waals surface area contributed by atoms with E-state index in [2.05, 4.69) is 40.9 Å². The van der Waals surface area contributed by atoms with Crippen LogP contribution in [0.1, 0.15) is 18.9 Å². The molecule has 3 heteroatoms. The van der Waals surface area contributed by atoms with E-state index in [1.54, 1.807) is 0 Å². The minimum Gasteiger partial charge on any atom is -0.354 e. The van der Waals surface area contributed by atoms with Crippen molar-refractivity contribution in [3.05, 3.63) is 23.9 Å². The van der Waals surface area contributed by atoms with Crippen LogP contribution in [-0.2, 0) is 6.42 Å². The molecule has 0 saturated carbocycles. The van der Waals surface area contributed by atoms with Crippen LogP contribution in [0.4, 0.5) is 5.82 Å². The first-order chi connectivity index (χ1) is 7.79. The smallest absolute Gasteiger partial charge is 0.128 e. The molecule has 2 heterocycles. The summed E-state index contributed by atoms with van der Waals surface area (Å²) >= 11 is 0. The molecule has 1 aromatic heterocycles. The Morgan fingerprint density at radius 3 is 2.69 bits per heavy atom. The van der Waals surface area contributed by atoms with Gasteiger partial charge in [0.25, 0.3) is 0 Å². The van der Waals surface area contributed by atoms with E-state index in [1.807, 2.05) is 6.20 Å². The summed E-state index contributed by atoms with van der Waals surface area (Å²) in [5, 5.41) is 0. The third-order valence-electron chi connectivity index (χ3n) is 3.18. The lowest BCUT2D eigenvalue weighted by molar-refractivity contribution is 0.312. The van der Waals surface area contributed by atoms with Crippen LogP contribution in [-0.4, -0.2) is 43.1 Å². The first-order valence-electron chi connectivity index (χ1n) is 6.18. The molecule has 1 fully saturated rings. The van der Waals surface area contributed by atoms with E-state index in [9.17, 15) is 0 Å². The zero-order chi connectivity index (χ0) is 11.4. The fourth-order valence-electron chi connectivity index (χ4n) is 2.11. The fraction of sp³-hybridized carbons (Fsp3) is 0.615. The largest absolute Gasteiger partial charge is 0.354 e. The van der Waals surface area contributed by atoms with Gasteiger partial charge in [-0.3, -0.25) is 0 Å². The number of pyridine rings is 1. The van der Waals surface area contributed by atoms with Crippen molar-refractivity contribution < 1.29 is 0 Å². The molecule has 0 spiro atoms. The monoisotopic (exact) mass is 219 g/mol. The number of hydrogen-bond donors (Lipinski definition) is 0. The minimum absolute atomic E-state index is 1.10. The van der Waals surface area contributed by atoms with Crippen molar-refractivity contribution >= 4 is 5.82 Å². The normalized spacial score (nSPS) is 17.8. The van der Waals surface area contributed by atoms with Crippen molar-refractivity contribution in [1.29, 1.82) is 0 Å². The molecule has 0 bridgehead atoms. The maximum absolute atomic E-state index is 4.48. The summed E-state index contributed by atoms with van der Waals surface area (Å²) in [6.07, 6.45) is 4.30. The second-order valence-electron chi connectivity index (χ2n) is 4.56. The van der Waals surface area contributed by atoms with Crippen molar-refractivity contribution in [3.8, 4) is 0 Å². The van der Waals surface area contributed by atoms with E-state index < -0.39 is 0 Å². The lowest BCUT2D eigenvalue weighted by Gasteiger charge is -2.33. The highest BCUT2D eigenvalue weighted by atomic mass is 15.3. The number of aromatic nitrogens is 1. The summed E-state index contributed by atoms with van der Waals surface area (Å²) in [4.78, 5) is 9.23. The molecule has 0 radical (unpaired) electrons. The van der Waals surface area contributed by atoms with Gasteiger partial charge in [0, 0.05) is 32.4 Å². The molecular formula is C13H21N3. The molecule has 1 aliphatic heterocycles. The Morgan fingerprint density at radius 1 is 1.25 bits per heavy atom. The zero-order valence-corrected chi connectivity index (χ0v) is 10.3. The molecule has 0 unspecified atom stereocenters. The fourth-order valence-corrected chi connectivity index (χ4v) is 2.11. The standard InChI is InChI=1S/C13H21N3/c1-3-4-12-5-6-14-13(11-12)16-9-7-15(2)8-10-16/h5-6,11H,3-4,7-10H2,1-2H3. The van der Waals surface area contributed by atoms with E-state index in [0.29, 0.717) is 0 Å². The first kappa shape index (κ1) is 11.4. The number of rotatable bonds is 3. The highest BCUT2D eigenvalue weighted by Crippen LogP contribution is 2.15. The van der Waals surface area contributed by atoms with E-state index in [1.165, 1.54) is 12.0 Å². The predicted molar refractivity (Wildman–Crippen MR) is 67.9 cm³/mol. The van der Waals surface area contributed by atoms with E-state index >= 15 is 0 Å². The molecule has 88 valence electrons. The number of hydrogen-bond acceptors (Lipinski definition) is 3. The number of anilines is 1. The molecule has 0 N–H and O–H groups in total. The van der Waals surface area contributed by atoms with Gasteiger partial charge in [0.2, 0.25) is 0 Å². The van der Waals surface area contributed by atoms with Gasteiger partial charge >= 0.3 is 0 Å². The molecule has 3 nitrogen and oxygen atoms in total. The maximum atomic E-state index is 4.48. The van der Waals surface area contributed by atoms with Gasteiger partial charge in [0.15, 0.2) is 0 Å². The van der Waals surface area contributed by atoms with E-state index in [0.717, 1.165) is 38.4 Å². The summed E-state index contributed by atoms with van der Waals surface area (Å²) < 4.78 is 0. The van der Waals surface area contributed by atoms with Crippen molar-refractivity contribution in [2.45, 2.75) is 19.8 Å². The summed E-state index contributed by atoms with van der Waals surface area (Å²) in [5.74, 6) is 1.15. The quantitative estimate of drug-likeness (QED) is 0.772. The Hall–Kier alpha value is -1.09. The second kappa shape index (κ2) is 5.30. The first-order valence-corrected chi connectivity index (χ1v) is 6.18. The lowest BCUT2D eigenvalue weighted by atomic mass is 10.1. The molecule has 0 atom stereocenters. The summed E-state index contributed by atoms with van der Waals surface area (Å²) in [5.41, 5.74) is 1.41. The Kier molecular flexibility index (Phi) is 3.78. The van der Waals surface area contributed by atoms with Crippen LogP contribution in [0.3, 0.4) is 0 Å². The Morgan fingerprint density at radius 2 is 2.00 bits per heavy atom. The van der Waals surface area contributed by atoms with Gasteiger partial charge in [-0.05, 0) is 31.2 Å². The van der Waals surface area contributed by atoms with Crippen LogP contribution in [0.2, 0.25) is 0 Å². The van der Waals surface area contributed by atoms with Gasteiger partial charge < -0.3 is 9.80 Å². The van der Waals surface area contributed by atoms with E-state index in [4.69, 9.17) is 0 Å². The minimum atomic E-state index is 1.10. The zero-order valence-electron chi connectivity index (χ0n) is 10.3. The number of piperazine rings is 1. The molecule has 1 saturated heterocycles. The third kappa shape index (κ3) is 2.73. The molecule has 0 aliphatic carbocycles. The van der Waals surface area contributed by atoms with Crippen molar-refractivity contribution in [1.82, 2.24) is 9.88 Å². The average molecular weight is 219 g/mol. The van der Waals surface area contributed by atoms with Crippen molar-refractivity contribution in [3.63, 3.8) is 0 Å². The van der Waals surface area contributed by atoms with Crippen LogP contribution in [0.25, 0.3) is 0 Å². The molecule has 1 aliphatic rings. The SMILES string of the molecule is CCCc1ccnc(N2CCN(C)CC2)c1. The maximum Gasteiger partial charge on any atom is 0.128 e. The van der Waals surface area contributed by atoms with Crippen molar-refractivity contribution in [2.24, 2.45) is 0 Å². The molecule has 2 rings (SSSR count). The van der Waals surface area contributed by atoms with Crippen LogP contribution >= 0.6 is 0 Å². The van der Waals surface area contributed by atoms with Gasteiger partial charge in [-0.15, -0.1) is 0 Å². The topological polar surface area (TPSA) is 19.4 Å². The summed E-state index contributed by atoms with van der Waals surface area (Å²) in [6.45, 7) is 6.69. The van der Waals surface area contributed by atoms with Gasteiger partial charge in [0.05, 0.1) is 0 Å². The summed E-state index contributed by atoms with van der Waals surface area (Å²) in [6, 6.07) is 4.37. The number of nitrogens with zero attached hydrogens (tertiary/aromatic N) is 3. The van der Waals surface area contributed by atoms with Crippen LogP contribution in [0, 0.1) is 0 Å². The second-order valence-corrected chi connectivity index (χ2v) is 4.56. The van der Waals surface area contributed by atoms with Crippen LogP contribution < -0.4 is 4.90 Å². The van der Waals surface area contributed by atoms with Crippen molar-refractivity contribution in [2.75, 3.05) is 38.1 Å². The summed E-state index contributed by atoms with van der Waals surface area (Å²) in [7, 11) is 2.18. The molecule has 16 heavy (non-hydrogen) atoms. The van der Waals surface area contributed by atoms with Gasteiger partial charge in [-0.1, -0.05) is 13.3 Å². The lowest BCUT2D eigenvalue weighted by Crippen LogP contribution is -2.44. The van der Waals surface area contributed by atoms with E-state index in [-0.39, 0.29) is 0 Å². The van der Waals surface area contributed by atoms with Gasteiger partial charge in [-0.25, -0.2) is 4.98 Å². The van der Waals surface area contributed by atoms with Crippen LogP contribution in [0.5, 0.6) is 0 Å². The Balaban J connectivity index is 2.05. The Labute approximate surface area is 98.1 Å². The third-order valence-corrected chi connectivity index (χ3v) is 3.18. The highest BCUT2D eigenvalue weighted by molar-refractivity contribution is 5.41. The molecular weight excluding hydrogens is 198 g/mol. The van der Waals surface area contributed by atoms with Gasteiger partial charge in [-0.2, -0.15) is 0 Å². The average Bonchev–Trinajstić information content (AvgIpc) is 2.31. The highest BCUT2D eigenvalue weighted by Gasteiger charge is 2.14. The molecule has 0 amide bonds. The number of likely N-dealkylation sites (N-methyl/N-ethyl adjacent to an activating group) is 1. The number of aryl methyl sites for hydroxylation is 1. The Bertz CT molecular complexity index is 330. The molecule has 0 aromatic carbocycles. The molecule has 1 aromatic rings.